The third kappa shape index (κ3) is 2.87. The predicted octanol–water partition coefficient (Wildman–Crippen LogP) is -0.509. The molecule has 0 saturated carbocycles. The van der Waals surface area contributed by atoms with Gasteiger partial charge < -0.3 is 13.9 Å². The minimum Gasteiger partial charge on any atom is -0.383 e. The molecular weight excluding hydrogens is 334 g/mol. The lowest BCUT2D eigenvalue weighted by Crippen LogP contribution is -2.29. The summed E-state index contributed by atoms with van der Waals surface area (Å²) in [5.74, 6) is 1.16. The third-order valence-electron chi connectivity index (χ3n) is 3.67. The summed E-state index contributed by atoms with van der Waals surface area (Å²) >= 11 is 1.45. The van der Waals surface area contributed by atoms with Gasteiger partial charge in [0.2, 0.25) is 0 Å². The molecule has 0 amide bonds. The molecule has 0 aliphatic carbocycles. The summed E-state index contributed by atoms with van der Waals surface area (Å²) in [4.78, 5) is 30.4. The van der Waals surface area contributed by atoms with Crippen LogP contribution >= 0.6 is 11.8 Å². The summed E-state index contributed by atoms with van der Waals surface area (Å²) in [5, 5.41) is 8.72. The van der Waals surface area contributed by atoms with Crippen molar-refractivity contribution >= 4 is 22.9 Å². The van der Waals surface area contributed by atoms with Gasteiger partial charge in [0.25, 0.3) is 5.56 Å². The highest BCUT2D eigenvalue weighted by atomic mass is 32.2. The Morgan fingerprint density at radius 2 is 2.08 bits per heavy atom. The van der Waals surface area contributed by atoms with Crippen molar-refractivity contribution in [1.82, 2.24) is 33.9 Å². The van der Waals surface area contributed by atoms with Gasteiger partial charge >= 0.3 is 5.69 Å². The van der Waals surface area contributed by atoms with Gasteiger partial charge in [-0.2, -0.15) is 0 Å². The van der Waals surface area contributed by atoms with Gasteiger partial charge in [-0.3, -0.25) is 14.3 Å². The van der Waals surface area contributed by atoms with Crippen molar-refractivity contribution in [3.8, 4) is 0 Å². The molecule has 0 bridgehead atoms. The van der Waals surface area contributed by atoms with E-state index in [0.29, 0.717) is 35.9 Å². The molecule has 0 radical (unpaired) electrons. The van der Waals surface area contributed by atoms with Gasteiger partial charge in [0.15, 0.2) is 16.3 Å². The summed E-state index contributed by atoms with van der Waals surface area (Å²) < 4.78 is 9.96. The first-order chi connectivity index (χ1) is 11.5. The number of rotatable bonds is 6. The lowest BCUT2D eigenvalue weighted by molar-refractivity contribution is 0.184. The van der Waals surface area contributed by atoms with Crippen LogP contribution in [0, 0.1) is 0 Å². The van der Waals surface area contributed by atoms with Crippen LogP contribution in [0.4, 0.5) is 0 Å². The first kappa shape index (κ1) is 16.5. The number of hydrogen-bond acceptors (Lipinski definition) is 7. The molecule has 0 saturated heterocycles. The molecule has 0 aliphatic rings. The second kappa shape index (κ2) is 6.61. The van der Waals surface area contributed by atoms with E-state index < -0.39 is 11.2 Å². The summed E-state index contributed by atoms with van der Waals surface area (Å²) in [6.45, 7) is 1.22. The lowest BCUT2D eigenvalue weighted by atomic mass is 10.5. The molecule has 10 nitrogen and oxygen atoms in total. The smallest absolute Gasteiger partial charge is 0.329 e. The number of aryl methyl sites for hydroxylation is 2. The van der Waals surface area contributed by atoms with Gasteiger partial charge in [-0.25, -0.2) is 9.78 Å². The summed E-state index contributed by atoms with van der Waals surface area (Å²) in [7, 11) is 4.96. The van der Waals surface area contributed by atoms with Crippen molar-refractivity contribution in [2.45, 2.75) is 17.5 Å². The Bertz CT molecular complexity index is 984. The van der Waals surface area contributed by atoms with Crippen LogP contribution in [0.1, 0.15) is 5.82 Å². The maximum absolute atomic E-state index is 12.0. The van der Waals surface area contributed by atoms with E-state index in [4.69, 9.17) is 4.74 Å². The zero-order valence-corrected chi connectivity index (χ0v) is 14.3. The molecule has 0 unspecified atom stereocenters. The first-order valence-electron chi connectivity index (χ1n) is 7.17. The molecule has 3 rings (SSSR count). The maximum Gasteiger partial charge on any atom is 0.329 e. The molecule has 0 aliphatic heterocycles. The molecular formula is C13H17N7O3S. The lowest BCUT2D eigenvalue weighted by Gasteiger charge is -2.05. The average Bonchev–Trinajstić information content (AvgIpc) is 3.13. The highest BCUT2D eigenvalue weighted by Gasteiger charge is 2.16. The fourth-order valence-corrected chi connectivity index (χ4v) is 3.24. The van der Waals surface area contributed by atoms with Gasteiger partial charge in [0.1, 0.15) is 12.2 Å². The number of aromatic amines is 1. The average molecular weight is 351 g/mol. The number of nitrogens with zero attached hydrogens (tertiary/aromatic N) is 6. The van der Waals surface area contributed by atoms with Crippen molar-refractivity contribution in [1.29, 1.82) is 0 Å². The number of nitrogens with one attached hydrogen (secondary N) is 1. The van der Waals surface area contributed by atoms with Crippen LogP contribution < -0.4 is 11.2 Å². The maximum atomic E-state index is 12.0. The van der Waals surface area contributed by atoms with E-state index in [1.54, 1.807) is 32.1 Å². The molecule has 3 heterocycles. The Hall–Kier alpha value is -2.40. The Labute approximate surface area is 140 Å². The predicted molar refractivity (Wildman–Crippen MR) is 88.0 cm³/mol. The van der Waals surface area contributed by atoms with Crippen LogP contribution in [0.25, 0.3) is 11.2 Å². The summed E-state index contributed by atoms with van der Waals surface area (Å²) in [6, 6.07) is 0. The van der Waals surface area contributed by atoms with Gasteiger partial charge in [-0.1, -0.05) is 11.8 Å². The quantitative estimate of drug-likeness (QED) is 0.595. The molecule has 3 aromatic heterocycles. The number of thioether (sulfide) groups is 1. The van der Waals surface area contributed by atoms with E-state index in [1.165, 1.54) is 16.3 Å². The number of methoxy groups -OCH3 is 1. The van der Waals surface area contributed by atoms with Gasteiger partial charge in [0.05, 0.1) is 12.4 Å². The fraction of sp³-hybridized carbons (Fsp3) is 0.462. The van der Waals surface area contributed by atoms with Crippen LogP contribution in [0.15, 0.2) is 21.1 Å². The first-order valence-corrected chi connectivity index (χ1v) is 8.15. The van der Waals surface area contributed by atoms with Crippen molar-refractivity contribution in [2.75, 3.05) is 13.7 Å². The summed E-state index contributed by atoms with van der Waals surface area (Å²) in [6.07, 6.45) is 1.64. The van der Waals surface area contributed by atoms with Crippen LogP contribution in [-0.4, -0.2) is 47.6 Å². The Kier molecular flexibility index (Phi) is 4.53. The van der Waals surface area contributed by atoms with Gasteiger partial charge in [-0.05, 0) is 0 Å². The third-order valence-corrected chi connectivity index (χ3v) is 4.65. The standard InChI is InChI=1S/C13H17N7O3S/c1-18-8(6-24-13-17-14-7-20(13)4-5-23-3)15-10-9(18)11(21)16-12(22)19(10)2/h7H,4-6H2,1-3H3,(H,16,21,22). The van der Waals surface area contributed by atoms with Crippen molar-refractivity contribution in [3.05, 3.63) is 33.0 Å². The van der Waals surface area contributed by atoms with Crippen molar-refractivity contribution in [2.24, 2.45) is 14.1 Å². The molecule has 128 valence electrons. The molecule has 11 heteroatoms. The fourth-order valence-electron chi connectivity index (χ4n) is 2.31. The second-order valence-electron chi connectivity index (χ2n) is 5.17. The van der Waals surface area contributed by atoms with E-state index in [1.807, 2.05) is 4.57 Å². The van der Waals surface area contributed by atoms with Crippen molar-refractivity contribution in [3.63, 3.8) is 0 Å². The highest BCUT2D eigenvalue weighted by Crippen LogP contribution is 2.21. The number of ether oxygens (including phenoxy) is 1. The van der Waals surface area contributed by atoms with Crippen LogP contribution in [0.2, 0.25) is 0 Å². The van der Waals surface area contributed by atoms with Gasteiger partial charge in [0, 0.05) is 27.7 Å². The zero-order valence-electron chi connectivity index (χ0n) is 13.5. The molecule has 0 aromatic carbocycles. The number of fused-ring (bicyclic) bond motifs is 1. The summed E-state index contributed by atoms with van der Waals surface area (Å²) in [5.41, 5.74) is -0.192. The van der Waals surface area contributed by atoms with Gasteiger partial charge in [-0.15, -0.1) is 10.2 Å². The Balaban J connectivity index is 1.89. The SMILES string of the molecule is COCCn1cnnc1SCc1nc2c(c(=O)[nH]c(=O)n2C)n1C. The van der Waals surface area contributed by atoms with Crippen molar-refractivity contribution < 1.29 is 4.74 Å². The molecule has 0 atom stereocenters. The van der Waals surface area contributed by atoms with Crippen LogP contribution in [-0.2, 0) is 31.1 Å². The minimum absolute atomic E-state index is 0.364. The van der Waals surface area contributed by atoms with E-state index in [0.717, 1.165) is 5.16 Å². The second-order valence-corrected chi connectivity index (χ2v) is 6.11. The monoisotopic (exact) mass is 351 g/mol. The Morgan fingerprint density at radius 1 is 1.29 bits per heavy atom. The normalized spacial score (nSPS) is 11.5. The molecule has 3 aromatic rings. The number of hydrogen-bond donors (Lipinski definition) is 1. The number of imidazole rings is 1. The van der Waals surface area contributed by atoms with Crippen LogP contribution in [0.5, 0.6) is 0 Å². The molecule has 0 spiro atoms. The van der Waals surface area contributed by atoms with E-state index in [2.05, 4.69) is 20.2 Å². The Morgan fingerprint density at radius 3 is 2.83 bits per heavy atom. The largest absolute Gasteiger partial charge is 0.383 e. The topological polar surface area (TPSA) is 113 Å². The van der Waals surface area contributed by atoms with E-state index in [-0.39, 0.29) is 0 Å². The number of H-pyrrole nitrogens is 1. The number of aromatic nitrogens is 7. The van der Waals surface area contributed by atoms with Crippen LogP contribution in [0.3, 0.4) is 0 Å². The van der Waals surface area contributed by atoms with E-state index >= 15 is 0 Å². The minimum atomic E-state index is -0.482. The molecule has 1 N–H and O–H groups in total. The highest BCUT2D eigenvalue weighted by molar-refractivity contribution is 7.98. The molecule has 0 fully saturated rings. The van der Waals surface area contributed by atoms with E-state index in [9.17, 15) is 9.59 Å². The molecule has 24 heavy (non-hydrogen) atoms. The zero-order chi connectivity index (χ0) is 17.3.